The van der Waals surface area contributed by atoms with Gasteiger partial charge in [0.2, 0.25) is 0 Å². The Morgan fingerprint density at radius 2 is 1.90 bits per heavy atom. The highest BCUT2D eigenvalue weighted by Crippen LogP contribution is 2.17. The second kappa shape index (κ2) is 10.6. The first-order valence-electron chi connectivity index (χ1n) is 9.52. The van der Waals surface area contributed by atoms with Crippen LogP contribution in [0.2, 0.25) is 0 Å². The molecule has 152 valence electrons. The number of nitrogens with one attached hydrogen (secondary N) is 1. The average Bonchev–Trinajstić information content (AvgIpc) is 2.78. The van der Waals surface area contributed by atoms with Gasteiger partial charge >= 0.3 is 5.97 Å². The first-order chi connectivity index (χ1) is 14.6. The van der Waals surface area contributed by atoms with Crippen molar-refractivity contribution in [1.82, 2.24) is 4.98 Å². The summed E-state index contributed by atoms with van der Waals surface area (Å²) in [6.07, 6.45) is 6.47. The molecule has 0 aliphatic carbocycles. The van der Waals surface area contributed by atoms with Crippen LogP contribution in [0.1, 0.15) is 28.4 Å². The second-order valence-electron chi connectivity index (χ2n) is 6.34. The van der Waals surface area contributed by atoms with Crippen LogP contribution < -0.4 is 10.1 Å². The monoisotopic (exact) mass is 402 g/mol. The van der Waals surface area contributed by atoms with Gasteiger partial charge in [0.15, 0.2) is 0 Å². The zero-order chi connectivity index (χ0) is 21.2. The van der Waals surface area contributed by atoms with E-state index in [2.05, 4.69) is 10.3 Å². The number of amides is 1. The molecule has 0 radical (unpaired) electrons. The third-order valence-corrected chi connectivity index (χ3v) is 4.09. The van der Waals surface area contributed by atoms with Crippen LogP contribution in [-0.2, 0) is 16.1 Å². The Labute approximate surface area is 175 Å². The molecule has 1 amide bonds. The lowest BCUT2D eigenvalue weighted by Gasteiger charge is -2.09. The predicted octanol–water partition coefficient (Wildman–Crippen LogP) is 4.49. The van der Waals surface area contributed by atoms with Crippen molar-refractivity contribution in [3.8, 4) is 5.75 Å². The lowest BCUT2D eigenvalue weighted by molar-refractivity contribution is -0.137. The van der Waals surface area contributed by atoms with Gasteiger partial charge in [-0.2, -0.15) is 0 Å². The van der Waals surface area contributed by atoms with Gasteiger partial charge in [0.05, 0.1) is 6.61 Å². The van der Waals surface area contributed by atoms with Crippen LogP contribution in [0.5, 0.6) is 5.75 Å². The van der Waals surface area contributed by atoms with E-state index in [1.54, 1.807) is 73.9 Å². The minimum Gasteiger partial charge on any atom is -0.489 e. The molecule has 3 rings (SSSR count). The zero-order valence-electron chi connectivity index (χ0n) is 16.6. The van der Waals surface area contributed by atoms with Crippen LogP contribution in [0, 0.1) is 0 Å². The Kier molecular flexibility index (Phi) is 7.33. The molecule has 30 heavy (non-hydrogen) atoms. The summed E-state index contributed by atoms with van der Waals surface area (Å²) in [4.78, 5) is 28.0. The van der Waals surface area contributed by atoms with E-state index in [0.717, 1.165) is 11.1 Å². The number of carbonyl (C=O) groups excluding carboxylic acids is 2. The maximum absolute atomic E-state index is 12.6. The van der Waals surface area contributed by atoms with E-state index in [0.29, 0.717) is 30.2 Å². The van der Waals surface area contributed by atoms with E-state index in [4.69, 9.17) is 9.47 Å². The van der Waals surface area contributed by atoms with Crippen LogP contribution in [0.4, 0.5) is 5.69 Å². The average molecular weight is 402 g/mol. The summed E-state index contributed by atoms with van der Waals surface area (Å²) in [6.45, 7) is 2.47. The number of pyridine rings is 1. The van der Waals surface area contributed by atoms with E-state index in [9.17, 15) is 9.59 Å². The Hall–Kier alpha value is -3.93. The molecule has 0 aliphatic rings. The third-order valence-electron chi connectivity index (χ3n) is 4.09. The Bertz CT molecular complexity index is 1010. The molecule has 0 saturated carbocycles. The number of benzene rings is 2. The number of nitrogens with zero attached hydrogens (tertiary/aromatic N) is 1. The molecule has 1 aromatic heterocycles. The normalized spacial score (nSPS) is 10.6. The molecule has 1 N–H and O–H groups in total. The van der Waals surface area contributed by atoms with Gasteiger partial charge in [0.1, 0.15) is 12.4 Å². The molecule has 0 saturated heterocycles. The molecule has 0 unspecified atom stereocenters. The third kappa shape index (κ3) is 6.31. The maximum atomic E-state index is 12.6. The molecule has 3 aromatic rings. The van der Waals surface area contributed by atoms with Gasteiger partial charge in [0, 0.05) is 35.3 Å². The van der Waals surface area contributed by atoms with Gasteiger partial charge in [-0.1, -0.05) is 24.3 Å². The summed E-state index contributed by atoms with van der Waals surface area (Å²) in [5, 5.41) is 2.85. The number of hydrogen-bond acceptors (Lipinski definition) is 5. The summed E-state index contributed by atoms with van der Waals surface area (Å²) < 4.78 is 10.6. The van der Waals surface area contributed by atoms with E-state index >= 15 is 0 Å². The molecule has 6 heteroatoms. The van der Waals surface area contributed by atoms with E-state index < -0.39 is 0 Å². The lowest BCUT2D eigenvalue weighted by Crippen LogP contribution is -2.12. The van der Waals surface area contributed by atoms with Crippen molar-refractivity contribution in [3.05, 3.63) is 95.8 Å². The highest BCUT2D eigenvalue weighted by Gasteiger charge is 2.08. The molecule has 2 aromatic carbocycles. The predicted molar refractivity (Wildman–Crippen MR) is 115 cm³/mol. The molecule has 0 spiro atoms. The van der Waals surface area contributed by atoms with Gasteiger partial charge < -0.3 is 14.8 Å². The molecular formula is C24H22N2O4. The van der Waals surface area contributed by atoms with Crippen molar-refractivity contribution in [3.63, 3.8) is 0 Å². The topological polar surface area (TPSA) is 77.5 Å². The minimum absolute atomic E-state index is 0.239. The van der Waals surface area contributed by atoms with E-state index in [1.165, 1.54) is 6.08 Å². The van der Waals surface area contributed by atoms with Gasteiger partial charge in [-0.05, 0) is 55.0 Å². The Balaban J connectivity index is 1.58. The van der Waals surface area contributed by atoms with Gasteiger partial charge in [-0.25, -0.2) is 4.79 Å². The van der Waals surface area contributed by atoms with E-state index in [-0.39, 0.29) is 11.9 Å². The van der Waals surface area contributed by atoms with Crippen LogP contribution >= 0.6 is 0 Å². The quantitative estimate of drug-likeness (QED) is 0.444. The van der Waals surface area contributed by atoms with Gasteiger partial charge in [-0.15, -0.1) is 0 Å². The highest BCUT2D eigenvalue weighted by molar-refractivity contribution is 6.04. The fourth-order valence-electron chi connectivity index (χ4n) is 2.61. The van der Waals surface area contributed by atoms with Crippen LogP contribution in [0.25, 0.3) is 6.08 Å². The van der Waals surface area contributed by atoms with Crippen molar-refractivity contribution in [2.24, 2.45) is 0 Å². The smallest absolute Gasteiger partial charge is 0.330 e. The minimum atomic E-state index is -0.388. The molecule has 0 aliphatic heterocycles. The molecule has 1 heterocycles. The number of hydrogen-bond donors (Lipinski definition) is 1. The molecule has 0 atom stereocenters. The van der Waals surface area contributed by atoms with Crippen LogP contribution in [-0.4, -0.2) is 23.5 Å². The van der Waals surface area contributed by atoms with Gasteiger partial charge in [0.25, 0.3) is 5.91 Å². The van der Waals surface area contributed by atoms with Gasteiger partial charge in [-0.3, -0.25) is 9.78 Å². The first kappa shape index (κ1) is 20.8. The largest absolute Gasteiger partial charge is 0.489 e. The fraction of sp³-hybridized carbons (Fsp3) is 0.125. The number of esters is 1. The number of ether oxygens (including phenoxy) is 2. The second-order valence-corrected chi connectivity index (χ2v) is 6.34. The highest BCUT2D eigenvalue weighted by atomic mass is 16.5. The number of anilines is 1. The van der Waals surface area contributed by atoms with Crippen molar-refractivity contribution in [1.29, 1.82) is 0 Å². The van der Waals surface area contributed by atoms with Crippen molar-refractivity contribution in [2.75, 3.05) is 11.9 Å². The summed E-state index contributed by atoms with van der Waals surface area (Å²) in [7, 11) is 0. The van der Waals surface area contributed by atoms with Crippen molar-refractivity contribution in [2.45, 2.75) is 13.5 Å². The zero-order valence-corrected chi connectivity index (χ0v) is 16.6. The maximum Gasteiger partial charge on any atom is 0.330 e. The van der Waals surface area contributed by atoms with Crippen molar-refractivity contribution < 1.29 is 19.1 Å². The number of carbonyl (C=O) groups is 2. The summed E-state index contributed by atoms with van der Waals surface area (Å²) >= 11 is 0. The summed E-state index contributed by atoms with van der Waals surface area (Å²) in [5.74, 6) is -0.0249. The van der Waals surface area contributed by atoms with Crippen LogP contribution in [0.3, 0.4) is 0 Å². The van der Waals surface area contributed by atoms with E-state index in [1.807, 2.05) is 12.1 Å². The molecular weight excluding hydrogens is 380 g/mol. The number of rotatable bonds is 8. The number of aromatic nitrogens is 1. The molecule has 6 nitrogen and oxygen atoms in total. The summed E-state index contributed by atoms with van der Waals surface area (Å²) in [5.41, 5.74) is 2.91. The molecule has 0 fully saturated rings. The standard InChI is InChI=1S/C24H22N2O4/c1-2-29-23(27)13-10-18-8-11-21(12-9-18)26-24(28)20-6-3-7-22(15-20)30-17-19-5-4-14-25-16-19/h3-16H,2,17H2,1H3,(H,26,28)/b13-10+. The fourth-order valence-corrected chi connectivity index (χ4v) is 2.61. The first-order valence-corrected chi connectivity index (χ1v) is 9.52. The molecule has 0 bridgehead atoms. The Morgan fingerprint density at radius 1 is 1.07 bits per heavy atom. The Morgan fingerprint density at radius 3 is 2.63 bits per heavy atom. The lowest BCUT2D eigenvalue weighted by atomic mass is 10.1. The summed E-state index contributed by atoms with van der Waals surface area (Å²) in [6, 6.07) is 17.9. The van der Waals surface area contributed by atoms with Crippen molar-refractivity contribution >= 4 is 23.6 Å². The SMILES string of the molecule is CCOC(=O)/C=C/c1ccc(NC(=O)c2cccc(OCc3cccnc3)c2)cc1. The van der Waals surface area contributed by atoms with Crippen LogP contribution in [0.15, 0.2) is 79.1 Å².